The number of carbonyl (C=O) groups is 2. The van der Waals surface area contributed by atoms with Crippen LogP contribution in [0.5, 0.6) is 0 Å². The molecule has 0 bridgehead atoms. The number of Topliss-reactive ketones (excluding diaryl/α,β-unsaturated/α-hetero) is 1. The van der Waals surface area contributed by atoms with Crippen LogP contribution >= 0.6 is 0 Å². The number of aryl methyl sites for hydroxylation is 3. The Balaban J connectivity index is 1.99. The molecule has 0 atom stereocenters. The Bertz CT molecular complexity index is 679. The standard InChI is InChI=1S/C20H22O3/c1-4-23-20(22)18-8-6-17(7-9-18)19(21)10-5-16-12-14(2)11-15(3)13-16/h6-9,11-13H,4-5,10H2,1-3H3. The van der Waals surface area contributed by atoms with Crippen molar-refractivity contribution < 1.29 is 14.3 Å². The molecule has 2 aromatic rings. The summed E-state index contributed by atoms with van der Waals surface area (Å²) in [4.78, 5) is 23.9. The first-order valence-electron chi connectivity index (χ1n) is 7.87. The molecular weight excluding hydrogens is 288 g/mol. The van der Waals surface area contributed by atoms with Crippen molar-refractivity contribution in [2.45, 2.75) is 33.6 Å². The molecule has 2 rings (SSSR count). The molecule has 0 saturated carbocycles. The molecule has 120 valence electrons. The fraction of sp³-hybridized carbons (Fsp3) is 0.300. The Morgan fingerprint density at radius 2 is 1.48 bits per heavy atom. The zero-order chi connectivity index (χ0) is 16.8. The SMILES string of the molecule is CCOC(=O)c1ccc(C(=O)CCc2cc(C)cc(C)c2)cc1. The quantitative estimate of drug-likeness (QED) is 0.590. The van der Waals surface area contributed by atoms with Crippen LogP contribution in [0.2, 0.25) is 0 Å². The van der Waals surface area contributed by atoms with E-state index in [4.69, 9.17) is 4.74 Å². The summed E-state index contributed by atoms with van der Waals surface area (Å²) in [5.41, 5.74) is 4.71. The number of hydrogen-bond donors (Lipinski definition) is 0. The number of ether oxygens (including phenoxy) is 1. The summed E-state index contributed by atoms with van der Waals surface area (Å²) < 4.78 is 4.93. The predicted octanol–water partition coefficient (Wildman–Crippen LogP) is 4.30. The topological polar surface area (TPSA) is 43.4 Å². The van der Waals surface area contributed by atoms with Crippen LogP contribution in [0.4, 0.5) is 0 Å². The zero-order valence-corrected chi connectivity index (χ0v) is 13.9. The molecule has 0 spiro atoms. The van der Waals surface area contributed by atoms with Gasteiger partial charge in [-0.25, -0.2) is 4.79 Å². The Labute approximate surface area is 137 Å². The van der Waals surface area contributed by atoms with Gasteiger partial charge in [0.15, 0.2) is 5.78 Å². The lowest BCUT2D eigenvalue weighted by molar-refractivity contribution is 0.0526. The molecule has 0 saturated heterocycles. The van der Waals surface area contributed by atoms with Crippen molar-refractivity contribution in [1.82, 2.24) is 0 Å². The van der Waals surface area contributed by atoms with Crippen molar-refractivity contribution in [3.8, 4) is 0 Å². The van der Waals surface area contributed by atoms with Crippen LogP contribution in [0.3, 0.4) is 0 Å². The molecule has 0 amide bonds. The van der Waals surface area contributed by atoms with E-state index in [9.17, 15) is 9.59 Å². The number of rotatable bonds is 6. The molecule has 0 heterocycles. The van der Waals surface area contributed by atoms with Crippen molar-refractivity contribution in [3.63, 3.8) is 0 Å². The van der Waals surface area contributed by atoms with E-state index in [1.54, 1.807) is 31.2 Å². The van der Waals surface area contributed by atoms with Crippen LogP contribution in [-0.4, -0.2) is 18.4 Å². The molecule has 23 heavy (non-hydrogen) atoms. The second kappa shape index (κ2) is 7.73. The summed E-state index contributed by atoms with van der Waals surface area (Å²) in [5.74, 6) is -0.277. The Hall–Kier alpha value is -2.42. The Morgan fingerprint density at radius 1 is 0.913 bits per heavy atom. The van der Waals surface area contributed by atoms with Gasteiger partial charge in [0.05, 0.1) is 12.2 Å². The van der Waals surface area contributed by atoms with Gasteiger partial charge in [-0.1, -0.05) is 41.5 Å². The first-order chi connectivity index (χ1) is 11.0. The van der Waals surface area contributed by atoms with E-state index >= 15 is 0 Å². The maximum atomic E-state index is 12.3. The minimum absolute atomic E-state index is 0.0829. The van der Waals surface area contributed by atoms with Crippen molar-refractivity contribution in [1.29, 1.82) is 0 Å². The second-order valence-corrected chi connectivity index (χ2v) is 5.72. The summed E-state index contributed by atoms with van der Waals surface area (Å²) in [6.07, 6.45) is 1.18. The van der Waals surface area contributed by atoms with Crippen molar-refractivity contribution >= 4 is 11.8 Å². The molecule has 0 radical (unpaired) electrons. The average Bonchev–Trinajstić information content (AvgIpc) is 2.52. The summed E-state index contributed by atoms with van der Waals surface area (Å²) in [6.45, 7) is 6.23. The minimum atomic E-state index is -0.360. The fourth-order valence-electron chi connectivity index (χ4n) is 2.62. The van der Waals surface area contributed by atoms with E-state index in [1.165, 1.54) is 16.7 Å². The molecule has 0 aliphatic rings. The molecule has 0 aliphatic heterocycles. The highest BCUT2D eigenvalue weighted by Crippen LogP contribution is 2.14. The molecule has 3 heteroatoms. The van der Waals surface area contributed by atoms with Gasteiger partial charge in [-0.2, -0.15) is 0 Å². The second-order valence-electron chi connectivity index (χ2n) is 5.72. The van der Waals surface area contributed by atoms with E-state index in [0.717, 1.165) is 6.42 Å². The first kappa shape index (κ1) is 16.9. The van der Waals surface area contributed by atoms with Crippen LogP contribution in [0.1, 0.15) is 50.8 Å². The molecule has 3 nitrogen and oxygen atoms in total. The van der Waals surface area contributed by atoms with Crippen molar-refractivity contribution in [2.75, 3.05) is 6.61 Å². The lowest BCUT2D eigenvalue weighted by Gasteiger charge is -2.06. The molecule has 0 unspecified atom stereocenters. The number of esters is 1. The number of benzene rings is 2. The highest BCUT2D eigenvalue weighted by molar-refractivity contribution is 5.97. The summed E-state index contributed by atoms with van der Waals surface area (Å²) >= 11 is 0. The maximum Gasteiger partial charge on any atom is 0.338 e. The number of hydrogen-bond acceptors (Lipinski definition) is 3. The molecule has 2 aromatic carbocycles. The first-order valence-corrected chi connectivity index (χ1v) is 7.87. The summed E-state index contributed by atoms with van der Waals surface area (Å²) in [6, 6.07) is 13.0. The minimum Gasteiger partial charge on any atom is -0.462 e. The molecule has 0 N–H and O–H groups in total. The highest BCUT2D eigenvalue weighted by atomic mass is 16.5. The fourth-order valence-corrected chi connectivity index (χ4v) is 2.62. The van der Waals surface area contributed by atoms with E-state index in [1.807, 2.05) is 0 Å². The van der Waals surface area contributed by atoms with E-state index in [-0.39, 0.29) is 11.8 Å². The Kier molecular flexibility index (Phi) is 5.69. The molecule has 0 aromatic heterocycles. The van der Waals surface area contributed by atoms with E-state index < -0.39 is 0 Å². The van der Waals surface area contributed by atoms with Gasteiger partial charge in [0.1, 0.15) is 0 Å². The zero-order valence-electron chi connectivity index (χ0n) is 13.9. The van der Waals surface area contributed by atoms with Crippen LogP contribution in [-0.2, 0) is 11.2 Å². The van der Waals surface area contributed by atoms with Crippen molar-refractivity contribution in [3.05, 3.63) is 70.3 Å². The van der Waals surface area contributed by atoms with Gasteiger partial charge in [-0.05, 0) is 44.9 Å². The maximum absolute atomic E-state index is 12.3. The van der Waals surface area contributed by atoms with Gasteiger partial charge in [0, 0.05) is 12.0 Å². The average molecular weight is 310 g/mol. The Morgan fingerprint density at radius 3 is 2.04 bits per heavy atom. The molecule has 0 aliphatic carbocycles. The van der Waals surface area contributed by atoms with Gasteiger partial charge in [0.2, 0.25) is 0 Å². The summed E-state index contributed by atoms with van der Waals surface area (Å²) in [5, 5.41) is 0. The van der Waals surface area contributed by atoms with Crippen LogP contribution in [0.15, 0.2) is 42.5 Å². The third kappa shape index (κ3) is 4.78. The van der Waals surface area contributed by atoms with Crippen LogP contribution in [0.25, 0.3) is 0 Å². The van der Waals surface area contributed by atoms with E-state index in [0.29, 0.717) is 24.2 Å². The van der Waals surface area contributed by atoms with Gasteiger partial charge >= 0.3 is 5.97 Å². The monoisotopic (exact) mass is 310 g/mol. The van der Waals surface area contributed by atoms with Gasteiger partial charge < -0.3 is 4.74 Å². The van der Waals surface area contributed by atoms with Gasteiger partial charge in [0.25, 0.3) is 0 Å². The number of carbonyl (C=O) groups excluding carboxylic acids is 2. The molecular formula is C20H22O3. The lowest BCUT2D eigenvalue weighted by atomic mass is 9.99. The van der Waals surface area contributed by atoms with Crippen LogP contribution < -0.4 is 0 Å². The lowest BCUT2D eigenvalue weighted by Crippen LogP contribution is -2.06. The largest absolute Gasteiger partial charge is 0.462 e. The summed E-state index contributed by atoms with van der Waals surface area (Å²) in [7, 11) is 0. The van der Waals surface area contributed by atoms with Crippen LogP contribution in [0, 0.1) is 13.8 Å². The van der Waals surface area contributed by atoms with Gasteiger partial charge in [-0.15, -0.1) is 0 Å². The predicted molar refractivity (Wildman–Crippen MR) is 91.0 cm³/mol. The normalized spacial score (nSPS) is 10.4. The highest BCUT2D eigenvalue weighted by Gasteiger charge is 2.10. The third-order valence-electron chi connectivity index (χ3n) is 3.64. The van der Waals surface area contributed by atoms with Crippen molar-refractivity contribution in [2.24, 2.45) is 0 Å². The smallest absolute Gasteiger partial charge is 0.338 e. The number of ketones is 1. The van der Waals surface area contributed by atoms with E-state index in [2.05, 4.69) is 32.0 Å². The third-order valence-corrected chi connectivity index (χ3v) is 3.64. The molecule has 0 fully saturated rings. The van der Waals surface area contributed by atoms with Gasteiger partial charge in [-0.3, -0.25) is 4.79 Å².